The van der Waals surface area contributed by atoms with Crippen LogP contribution in [0.15, 0.2) is 54.9 Å². The number of morpholine rings is 1. The van der Waals surface area contributed by atoms with Crippen molar-refractivity contribution in [3.8, 4) is 11.4 Å². The Hall–Kier alpha value is -3.84. The number of alkyl halides is 6. The molecule has 4 aromatic heterocycles. The first-order chi connectivity index (χ1) is 18.1. The van der Waals surface area contributed by atoms with E-state index in [9.17, 15) is 26.3 Å². The number of pyridine rings is 4. The van der Waals surface area contributed by atoms with E-state index in [1.807, 2.05) is 0 Å². The third kappa shape index (κ3) is 5.68. The van der Waals surface area contributed by atoms with Crippen LogP contribution in [-0.4, -0.2) is 51.1 Å². The van der Waals surface area contributed by atoms with E-state index in [0.717, 1.165) is 18.3 Å². The monoisotopic (exact) mass is 534 g/mol. The molecule has 0 bridgehead atoms. The maximum absolute atomic E-state index is 13.6. The van der Waals surface area contributed by atoms with Crippen molar-refractivity contribution >= 4 is 22.5 Å². The van der Waals surface area contributed by atoms with E-state index in [-0.39, 0.29) is 22.9 Å². The number of halogens is 6. The first-order valence-corrected chi connectivity index (χ1v) is 11.5. The predicted molar refractivity (Wildman–Crippen MR) is 126 cm³/mol. The van der Waals surface area contributed by atoms with Gasteiger partial charge in [-0.25, -0.2) is 15.0 Å². The van der Waals surface area contributed by atoms with Gasteiger partial charge < -0.3 is 10.1 Å². The molecule has 198 valence electrons. The third-order valence-corrected chi connectivity index (χ3v) is 5.92. The summed E-state index contributed by atoms with van der Waals surface area (Å²) in [7, 11) is 0. The van der Waals surface area contributed by atoms with Crippen molar-refractivity contribution in [2.45, 2.75) is 18.9 Å². The molecule has 0 spiro atoms. The standard InChI is InChI=1S/C25H20F6N6O/c26-24(27,28)15-3-6-21(33-13-15)35-20-12-16(14-37-8-10-38-11-9-37)34-23-17(20)4-5-19(36-23)22-18(25(29,30)31)2-1-7-32-22/h1-7,12-13H,8-11,14H2,(H,33,34,35,36). The normalized spacial score (nSPS) is 15.1. The average Bonchev–Trinajstić information content (AvgIpc) is 2.88. The quantitative estimate of drug-likeness (QED) is 0.329. The molecule has 1 fully saturated rings. The minimum atomic E-state index is -4.63. The maximum atomic E-state index is 13.6. The Bertz CT molecular complexity index is 1440. The van der Waals surface area contributed by atoms with Crippen LogP contribution in [0.1, 0.15) is 16.8 Å². The van der Waals surface area contributed by atoms with Gasteiger partial charge in [0, 0.05) is 37.4 Å². The molecule has 1 aliphatic heterocycles. The highest BCUT2D eigenvalue weighted by atomic mass is 19.4. The fourth-order valence-electron chi connectivity index (χ4n) is 4.07. The van der Waals surface area contributed by atoms with Gasteiger partial charge in [0.05, 0.1) is 41.4 Å². The van der Waals surface area contributed by atoms with Crippen LogP contribution in [0.4, 0.5) is 37.8 Å². The number of aromatic nitrogens is 4. The lowest BCUT2D eigenvalue weighted by molar-refractivity contribution is -0.138. The molecule has 0 unspecified atom stereocenters. The molecule has 13 heteroatoms. The van der Waals surface area contributed by atoms with Gasteiger partial charge >= 0.3 is 12.4 Å². The van der Waals surface area contributed by atoms with Gasteiger partial charge in [0.2, 0.25) is 0 Å². The zero-order valence-electron chi connectivity index (χ0n) is 19.6. The minimum absolute atomic E-state index is 0.0138. The van der Waals surface area contributed by atoms with Crippen molar-refractivity contribution in [1.29, 1.82) is 0 Å². The van der Waals surface area contributed by atoms with Crippen LogP contribution in [0.25, 0.3) is 22.4 Å². The second-order valence-electron chi connectivity index (χ2n) is 8.57. The summed E-state index contributed by atoms with van der Waals surface area (Å²) < 4.78 is 85.0. The van der Waals surface area contributed by atoms with E-state index >= 15 is 0 Å². The van der Waals surface area contributed by atoms with Crippen molar-refractivity contribution in [3.05, 3.63) is 71.7 Å². The molecule has 5 heterocycles. The lowest BCUT2D eigenvalue weighted by Crippen LogP contribution is -2.35. The Balaban J connectivity index is 1.57. The van der Waals surface area contributed by atoms with Crippen LogP contribution in [0.2, 0.25) is 0 Å². The van der Waals surface area contributed by atoms with Crippen molar-refractivity contribution in [2.75, 3.05) is 31.6 Å². The van der Waals surface area contributed by atoms with Crippen LogP contribution >= 0.6 is 0 Å². The topological polar surface area (TPSA) is 76.1 Å². The average molecular weight is 534 g/mol. The van der Waals surface area contributed by atoms with Crippen molar-refractivity contribution in [3.63, 3.8) is 0 Å². The van der Waals surface area contributed by atoms with Crippen LogP contribution in [0, 0.1) is 0 Å². The van der Waals surface area contributed by atoms with Crippen LogP contribution in [0.3, 0.4) is 0 Å². The molecule has 4 aromatic rings. The predicted octanol–water partition coefficient (Wildman–Crippen LogP) is 5.70. The number of fused-ring (bicyclic) bond motifs is 1. The van der Waals surface area contributed by atoms with Gasteiger partial charge in [-0.1, -0.05) is 0 Å². The van der Waals surface area contributed by atoms with E-state index in [1.165, 1.54) is 24.4 Å². The Morgan fingerprint density at radius 3 is 2.37 bits per heavy atom. The molecule has 1 aliphatic rings. The fourth-order valence-corrected chi connectivity index (χ4v) is 4.07. The van der Waals surface area contributed by atoms with E-state index in [2.05, 4.69) is 30.2 Å². The maximum Gasteiger partial charge on any atom is 0.418 e. The highest BCUT2D eigenvalue weighted by Gasteiger charge is 2.35. The largest absolute Gasteiger partial charge is 0.418 e. The summed E-state index contributed by atoms with van der Waals surface area (Å²) in [5.41, 5.74) is -0.999. The zero-order valence-corrected chi connectivity index (χ0v) is 19.6. The van der Waals surface area contributed by atoms with Gasteiger partial charge in [0.1, 0.15) is 11.5 Å². The number of nitrogens with one attached hydrogen (secondary N) is 1. The molecule has 0 radical (unpaired) electrons. The van der Waals surface area contributed by atoms with E-state index in [0.29, 0.717) is 49.6 Å². The van der Waals surface area contributed by atoms with E-state index in [4.69, 9.17) is 4.74 Å². The molecule has 1 saturated heterocycles. The number of anilines is 2. The second kappa shape index (κ2) is 10.1. The second-order valence-corrected chi connectivity index (χ2v) is 8.57. The summed E-state index contributed by atoms with van der Waals surface area (Å²) in [6.07, 6.45) is -7.19. The summed E-state index contributed by atoms with van der Waals surface area (Å²) in [4.78, 5) is 18.8. The lowest BCUT2D eigenvalue weighted by Gasteiger charge is -2.26. The SMILES string of the molecule is FC(F)(F)c1ccc(Nc2cc(CN3CCOCC3)nc3nc(-c4ncccc4C(F)(F)F)ccc23)nc1. The van der Waals surface area contributed by atoms with E-state index in [1.54, 1.807) is 12.1 Å². The van der Waals surface area contributed by atoms with Gasteiger partial charge in [-0.3, -0.25) is 9.88 Å². The number of nitrogens with zero attached hydrogens (tertiary/aromatic N) is 5. The summed E-state index contributed by atoms with van der Waals surface area (Å²) in [5.74, 6) is 0.149. The van der Waals surface area contributed by atoms with Crippen LogP contribution in [0.5, 0.6) is 0 Å². The van der Waals surface area contributed by atoms with Crippen molar-refractivity contribution < 1.29 is 31.1 Å². The molecule has 0 aromatic carbocycles. The van der Waals surface area contributed by atoms with Crippen LogP contribution < -0.4 is 5.32 Å². The molecule has 0 saturated carbocycles. The molecular formula is C25H20F6N6O. The molecule has 7 nitrogen and oxygen atoms in total. The summed E-state index contributed by atoms with van der Waals surface area (Å²) in [5, 5.41) is 3.45. The first-order valence-electron chi connectivity index (χ1n) is 11.5. The number of hydrogen-bond donors (Lipinski definition) is 1. The van der Waals surface area contributed by atoms with Crippen molar-refractivity contribution in [1.82, 2.24) is 24.8 Å². The van der Waals surface area contributed by atoms with Gasteiger partial charge in [0.15, 0.2) is 5.65 Å². The Kier molecular flexibility index (Phi) is 6.88. The smallest absolute Gasteiger partial charge is 0.379 e. The summed E-state index contributed by atoms with van der Waals surface area (Å²) in [6, 6.07) is 8.90. The number of rotatable bonds is 5. The highest BCUT2D eigenvalue weighted by molar-refractivity contribution is 5.92. The summed E-state index contributed by atoms with van der Waals surface area (Å²) >= 11 is 0. The first kappa shape index (κ1) is 25.8. The Morgan fingerprint density at radius 2 is 1.68 bits per heavy atom. The molecular weight excluding hydrogens is 514 g/mol. The van der Waals surface area contributed by atoms with Gasteiger partial charge in [-0.2, -0.15) is 26.3 Å². The Labute approximate surface area is 212 Å². The molecule has 0 atom stereocenters. The third-order valence-electron chi connectivity index (χ3n) is 5.92. The molecule has 1 N–H and O–H groups in total. The molecule has 38 heavy (non-hydrogen) atoms. The molecule has 0 amide bonds. The zero-order chi connectivity index (χ0) is 26.9. The number of hydrogen-bond acceptors (Lipinski definition) is 7. The Morgan fingerprint density at radius 1 is 0.895 bits per heavy atom. The van der Waals surface area contributed by atoms with Crippen molar-refractivity contribution in [2.24, 2.45) is 0 Å². The molecule has 0 aliphatic carbocycles. The van der Waals surface area contributed by atoms with Gasteiger partial charge in [-0.15, -0.1) is 0 Å². The van der Waals surface area contributed by atoms with Gasteiger partial charge in [0.25, 0.3) is 0 Å². The summed E-state index contributed by atoms with van der Waals surface area (Å²) in [6.45, 7) is 2.85. The van der Waals surface area contributed by atoms with Gasteiger partial charge in [-0.05, 0) is 42.5 Å². The fraction of sp³-hybridized carbons (Fsp3) is 0.280. The number of ether oxygens (including phenoxy) is 1. The van der Waals surface area contributed by atoms with Crippen LogP contribution in [-0.2, 0) is 23.6 Å². The van der Waals surface area contributed by atoms with E-state index < -0.39 is 23.5 Å². The lowest BCUT2D eigenvalue weighted by atomic mass is 10.1. The highest BCUT2D eigenvalue weighted by Crippen LogP contribution is 2.36. The molecule has 5 rings (SSSR count). The minimum Gasteiger partial charge on any atom is -0.379 e.